The summed E-state index contributed by atoms with van der Waals surface area (Å²) < 4.78 is 11.4. The van der Waals surface area contributed by atoms with Crippen LogP contribution in [0, 0.1) is 10.1 Å². The van der Waals surface area contributed by atoms with E-state index >= 15 is 0 Å². The van der Waals surface area contributed by atoms with Crippen LogP contribution in [-0.4, -0.2) is 17.2 Å². The van der Waals surface area contributed by atoms with Crippen LogP contribution in [0.4, 0.5) is 5.69 Å². The zero-order valence-corrected chi connectivity index (χ0v) is 20.5. The fourth-order valence-corrected chi connectivity index (χ4v) is 3.87. The summed E-state index contributed by atoms with van der Waals surface area (Å²) in [5, 5.41) is 11.4. The lowest BCUT2D eigenvalue weighted by Gasteiger charge is -2.12. The molecular formula is C31H25NO6. The number of ether oxygens (including phenoxy) is 2. The summed E-state index contributed by atoms with van der Waals surface area (Å²) in [4.78, 5) is 35.4. The monoisotopic (exact) mass is 507 g/mol. The van der Waals surface area contributed by atoms with Crippen molar-refractivity contribution in [1.82, 2.24) is 0 Å². The number of benzene rings is 4. The Kier molecular flexibility index (Phi) is 8.76. The fourth-order valence-electron chi connectivity index (χ4n) is 3.87. The Hall–Kier alpha value is -5.04. The third kappa shape index (κ3) is 6.79. The summed E-state index contributed by atoms with van der Waals surface area (Å²) in [5.41, 5.74) is 3.35. The molecule has 0 aliphatic carbocycles. The maximum Gasteiger partial charge on any atom is 0.339 e. The van der Waals surface area contributed by atoms with E-state index in [1.165, 1.54) is 18.2 Å². The molecule has 0 aliphatic heterocycles. The first kappa shape index (κ1) is 26.0. The third-order valence-electron chi connectivity index (χ3n) is 5.83. The molecule has 0 saturated carbocycles. The Bertz CT molecular complexity index is 1450. The van der Waals surface area contributed by atoms with Crippen LogP contribution in [0.3, 0.4) is 0 Å². The molecule has 38 heavy (non-hydrogen) atoms. The van der Waals surface area contributed by atoms with Gasteiger partial charge in [0.2, 0.25) is 0 Å². The lowest BCUT2D eigenvalue weighted by atomic mass is 10.0. The Morgan fingerprint density at radius 3 is 2.16 bits per heavy atom. The topological polar surface area (TPSA) is 95.7 Å². The average Bonchev–Trinajstić information content (AvgIpc) is 2.96. The van der Waals surface area contributed by atoms with Crippen molar-refractivity contribution in [2.24, 2.45) is 0 Å². The van der Waals surface area contributed by atoms with Crippen molar-refractivity contribution < 1.29 is 24.0 Å². The molecule has 0 heterocycles. The van der Waals surface area contributed by atoms with Gasteiger partial charge in [0.15, 0.2) is 0 Å². The summed E-state index contributed by atoms with van der Waals surface area (Å²) in [5.74, 6) is -0.0341. The Balaban J connectivity index is 1.55. The number of nitrogens with zero attached hydrogens (tertiary/aromatic N) is 1. The first-order valence-corrected chi connectivity index (χ1v) is 11.9. The van der Waals surface area contributed by atoms with Gasteiger partial charge in [0, 0.05) is 23.3 Å². The molecule has 0 saturated heterocycles. The van der Waals surface area contributed by atoms with E-state index in [0.29, 0.717) is 35.5 Å². The molecule has 0 N–H and O–H groups in total. The Morgan fingerprint density at radius 1 is 0.816 bits per heavy atom. The largest absolute Gasteiger partial charge is 0.489 e. The number of rotatable bonds is 11. The highest BCUT2D eigenvalue weighted by Gasteiger charge is 2.16. The van der Waals surface area contributed by atoms with Gasteiger partial charge in [-0.15, -0.1) is 0 Å². The Labute approximate surface area is 220 Å². The van der Waals surface area contributed by atoms with Gasteiger partial charge >= 0.3 is 5.97 Å². The summed E-state index contributed by atoms with van der Waals surface area (Å²) in [6.07, 6.45) is 4.43. The van der Waals surface area contributed by atoms with Crippen molar-refractivity contribution in [3.8, 4) is 5.75 Å². The quantitative estimate of drug-likeness (QED) is 0.0982. The van der Waals surface area contributed by atoms with Gasteiger partial charge in [-0.3, -0.25) is 14.9 Å². The summed E-state index contributed by atoms with van der Waals surface area (Å²) in [7, 11) is 0. The highest BCUT2D eigenvalue weighted by molar-refractivity contribution is 5.94. The highest BCUT2D eigenvalue weighted by Crippen LogP contribution is 2.25. The second-order valence-corrected chi connectivity index (χ2v) is 8.41. The van der Waals surface area contributed by atoms with E-state index in [-0.39, 0.29) is 17.9 Å². The minimum atomic E-state index is -0.594. The summed E-state index contributed by atoms with van der Waals surface area (Å²) >= 11 is 0. The molecule has 0 fully saturated rings. The third-order valence-corrected chi connectivity index (χ3v) is 5.83. The molecule has 0 aliphatic rings. The van der Waals surface area contributed by atoms with Crippen molar-refractivity contribution in [1.29, 1.82) is 0 Å². The second-order valence-electron chi connectivity index (χ2n) is 8.41. The van der Waals surface area contributed by atoms with Gasteiger partial charge in [-0.1, -0.05) is 84.9 Å². The number of aldehydes is 1. The molecule has 0 unspecified atom stereocenters. The highest BCUT2D eigenvalue weighted by atomic mass is 16.6. The summed E-state index contributed by atoms with van der Waals surface area (Å²) in [6, 6.07) is 28.1. The molecule has 0 amide bonds. The van der Waals surface area contributed by atoms with Crippen molar-refractivity contribution in [3.05, 3.63) is 147 Å². The number of carbonyl (C=O) groups excluding carboxylic acids is 2. The predicted molar refractivity (Wildman–Crippen MR) is 144 cm³/mol. The maximum atomic E-state index is 12.8. The van der Waals surface area contributed by atoms with E-state index in [1.807, 2.05) is 60.7 Å². The number of carbonyl (C=O) groups is 2. The SMILES string of the molecule is O=Cc1cccc(OCc2ccccc2)c1C/C=C/c1cc([N+](=O)[O-])ccc1C(=O)OCc1ccccc1. The number of esters is 1. The molecule has 0 aromatic heterocycles. The first-order chi connectivity index (χ1) is 18.5. The van der Waals surface area contributed by atoms with Crippen molar-refractivity contribution in [2.45, 2.75) is 19.6 Å². The van der Waals surface area contributed by atoms with Gasteiger partial charge in [0.25, 0.3) is 5.69 Å². The molecule has 4 rings (SSSR count). The molecule has 4 aromatic rings. The summed E-state index contributed by atoms with van der Waals surface area (Å²) in [6.45, 7) is 0.413. The van der Waals surface area contributed by atoms with Crippen LogP contribution in [0.25, 0.3) is 6.08 Å². The zero-order valence-electron chi connectivity index (χ0n) is 20.5. The van der Waals surface area contributed by atoms with Gasteiger partial charge in [-0.2, -0.15) is 0 Å². The normalized spacial score (nSPS) is 10.7. The number of non-ortho nitro benzene ring substituents is 1. The molecule has 7 heteroatoms. The second kappa shape index (κ2) is 12.8. The van der Waals surface area contributed by atoms with E-state index in [9.17, 15) is 19.7 Å². The van der Waals surface area contributed by atoms with Crippen molar-refractivity contribution in [3.63, 3.8) is 0 Å². The van der Waals surface area contributed by atoms with Crippen LogP contribution in [0.15, 0.2) is 103 Å². The van der Waals surface area contributed by atoms with E-state index in [4.69, 9.17) is 9.47 Å². The van der Waals surface area contributed by atoms with Gasteiger partial charge in [-0.25, -0.2) is 4.79 Å². The van der Waals surface area contributed by atoms with Crippen LogP contribution in [0.5, 0.6) is 5.75 Å². The predicted octanol–water partition coefficient (Wildman–Crippen LogP) is 6.60. The molecule has 0 bridgehead atoms. The maximum absolute atomic E-state index is 12.8. The van der Waals surface area contributed by atoms with E-state index in [2.05, 4.69) is 0 Å². The molecule has 0 spiro atoms. The van der Waals surface area contributed by atoms with Crippen LogP contribution in [0.2, 0.25) is 0 Å². The van der Waals surface area contributed by atoms with Crippen molar-refractivity contribution >= 4 is 24.0 Å². The lowest BCUT2D eigenvalue weighted by Crippen LogP contribution is -2.07. The average molecular weight is 508 g/mol. The fraction of sp³-hybridized carbons (Fsp3) is 0.0968. The molecular weight excluding hydrogens is 482 g/mol. The van der Waals surface area contributed by atoms with Gasteiger partial charge in [-0.05, 0) is 35.2 Å². The Morgan fingerprint density at radius 2 is 1.50 bits per heavy atom. The zero-order chi connectivity index (χ0) is 26.7. The smallest absolute Gasteiger partial charge is 0.339 e. The number of hydrogen-bond acceptors (Lipinski definition) is 6. The van der Waals surface area contributed by atoms with Crippen molar-refractivity contribution in [2.75, 3.05) is 0 Å². The number of hydrogen-bond donors (Lipinski definition) is 0. The van der Waals surface area contributed by atoms with Gasteiger partial charge in [0.05, 0.1) is 10.5 Å². The number of nitro benzene ring substituents is 1. The van der Waals surface area contributed by atoms with Gasteiger partial charge < -0.3 is 9.47 Å². The molecule has 0 radical (unpaired) electrons. The minimum Gasteiger partial charge on any atom is -0.489 e. The molecule has 4 aromatic carbocycles. The molecule has 190 valence electrons. The minimum absolute atomic E-state index is 0.0780. The van der Waals surface area contributed by atoms with Crippen LogP contribution < -0.4 is 4.74 Å². The van der Waals surface area contributed by atoms with E-state index in [0.717, 1.165) is 17.4 Å². The lowest BCUT2D eigenvalue weighted by molar-refractivity contribution is -0.384. The van der Waals surface area contributed by atoms with Crippen LogP contribution in [-0.2, 0) is 24.4 Å². The van der Waals surface area contributed by atoms with E-state index < -0.39 is 10.9 Å². The number of allylic oxidation sites excluding steroid dienone is 1. The van der Waals surface area contributed by atoms with E-state index in [1.54, 1.807) is 30.4 Å². The van der Waals surface area contributed by atoms with Crippen LogP contribution >= 0.6 is 0 Å². The molecule has 0 atom stereocenters. The number of nitro groups is 1. The first-order valence-electron chi connectivity index (χ1n) is 11.9. The standard InChI is InChI=1S/C31H25NO6/c33-20-26-14-8-16-30(37-21-23-9-3-1-4-10-23)28(26)15-7-13-25-19-27(32(35)36)17-18-29(25)31(34)38-22-24-11-5-2-6-12-24/h1-14,16-20H,15,21-22H2/b13-7+. The van der Waals surface area contributed by atoms with Crippen LogP contribution in [0.1, 0.15) is 43.0 Å². The van der Waals surface area contributed by atoms with Gasteiger partial charge in [0.1, 0.15) is 25.2 Å². The molecule has 7 nitrogen and oxygen atoms in total.